The number of hydrogen-bond donors (Lipinski definition) is 0. The summed E-state index contributed by atoms with van der Waals surface area (Å²) in [4.78, 5) is 1.58. The summed E-state index contributed by atoms with van der Waals surface area (Å²) in [6, 6.07) is 10.8. The van der Waals surface area contributed by atoms with Crippen LogP contribution in [-0.2, 0) is 18.0 Å². The van der Waals surface area contributed by atoms with Crippen molar-refractivity contribution in [2.45, 2.75) is 18.0 Å². The molecule has 1 atom stereocenters. The van der Waals surface area contributed by atoms with Gasteiger partial charge in [0.15, 0.2) is 0 Å². The highest BCUT2D eigenvalue weighted by atomic mass is 79.9. The normalized spacial score (nSPS) is 15.9. The second-order valence-corrected chi connectivity index (χ2v) is 7.44. The SMILES string of the molecule is Brc1ccc(C(Br)c2ccc3c(c2)COC3)s1. The van der Waals surface area contributed by atoms with E-state index in [2.05, 4.69) is 62.2 Å². The second-order valence-electron chi connectivity index (χ2n) is 4.03. The fraction of sp³-hybridized carbons (Fsp3) is 0.231. The first-order chi connectivity index (χ1) is 8.24. The lowest BCUT2D eigenvalue weighted by Gasteiger charge is -2.09. The molecule has 0 saturated heterocycles. The predicted octanol–water partition coefficient (Wildman–Crippen LogP) is 5.03. The van der Waals surface area contributed by atoms with E-state index in [0.29, 0.717) is 0 Å². The Morgan fingerprint density at radius 1 is 1.12 bits per heavy atom. The van der Waals surface area contributed by atoms with Gasteiger partial charge < -0.3 is 4.74 Å². The largest absolute Gasteiger partial charge is 0.372 e. The van der Waals surface area contributed by atoms with Crippen molar-refractivity contribution in [3.05, 3.63) is 55.7 Å². The van der Waals surface area contributed by atoms with Crippen LogP contribution in [0.2, 0.25) is 0 Å². The van der Waals surface area contributed by atoms with Crippen LogP contribution in [0.1, 0.15) is 26.4 Å². The number of thiophene rings is 1. The zero-order valence-electron chi connectivity index (χ0n) is 8.95. The maximum Gasteiger partial charge on any atom is 0.0738 e. The molecule has 0 N–H and O–H groups in total. The van der Waals surface area contributed by atoms with Gasteiger partial charge in [-0.3, -0.25) is 0 Å². The van der Waals surface area contributed by atoms with Gasteiger partial charge in [-0.05, 0) is 44.8 Å². The van der Waals surface area contributed by atoms with Crippen LogP contribution in [0.4, 0.5) is 0 Å². The zero-order chi connectivity index (χ0) is 11.8. The van der Waals surface area contributed by atoms with Gasteiger partial charge in [-0.15, -0.1) is 11.3 Å². The van der Waals surface area contributed by atoms with Crippen LogP contribution in [0, 0.1) is 0 Å². The van der Waals surface area contributed by atoms with Gasteiger partial charge in [0.05, 0.1) is 21.8 Å². The lowest BCUT2D eigenvalue weighted by molar-refractivity contribution is 0.134. The molecule has 2 heterocycles. The van der Waals surface area contributed by atoms with Gasteiger partial charge in [0.1, 0.15) is 0 Å². The molecule has 3 rings (SSSR count). The fourth-order valence-corrected chi connectivity index (χ4v) is 4.13. The fourth-order valence-electron chi connectivity index (χ4n) is 1.98. The smallest absolute Gasteiger partial charge is 0.0738 e. The number of fused-ring (bicyclic) bond motifs is 1. The number of benzene rings is 1. The van der Waals surface area contributed by atoms with Gasteiger partial charge in [0.25, 0.3) is 0 Å². The molecule has 0 amide bonds. The summed E-state index contributed by atoms with van der Waals surface area (Å²) < 4.78 is 6.61. The van der Waals surface area contributed by atoms with Gasteiger partial charge in [-0.2, -0.15) is 0 Å². The van der Waals surface area contributed by atoms with Crippen LogP contribution in [0.25, 0.3) is 0 Å². The maximum atomic E-state index is 5.44. The van der Waals surface area contributed by atoms with Crippen molar-refractivity contribution >= 4 is 43.2 Å². The van der Waals surface area contributed by atoms with Crippen LogP contribution >= 0.6 is 43.2 Å². The highest BCUT2D eigenvalue weighted by Crippen LogP contribution is 2.38. The molecule has 0 radical (unpaired) electrons. The summed E-state index contributed by atoms with van der Waals surface area (Å²) in [6.45, 7) is 1.50. The molecular formula is C13H10Br2OS. The molecule has 4 heteroatoms. The monoisotopic (exact) mass is 372 g/mol. The van der Waals surface area contributed by atoms with E-state index in [4.69, 9.17) is 4.74 Å². The molecule has 0 aliphatic carbocycles. The Labute approximate surface area is 121 Å². The third kappa shape index (κ3) is 2.36. The van der Waals surface area contributed by atoms with Gasteiger partial charge in [0, 0.05) is 4.88 Å². The van der Waals surface area contributed by atoms with Crippen molar-refractivity contribution in [2.75, 3.05) is 0 Å². The van der Waals surface area contributed by atoms with E-state index in [1.807, 2.05) is 0 Å². The Morgan fingerprint density at radius 3 is 2.71 bits per heavy atom. The van der Waals surface area contributed by atoms with Crippen LogP contribution < -0.4 is 0 Å². The average Bonchev–Trinajstić information content (AvgIpc) is 2.95. The summed E-state index contributed by atoms with van der Waals surface area (Å²) >= 11 is 9.03. The summed E-state index contributed by atoms with van der Waals surface area (Å²) in [5.74, 6) is 0. The number of alkyl halides is 1. The van der Waals surface area contributed by atoms with E-state index in [1.165, 1.54) is 25.4 Å². The first-order valence-electron chi connectivity index (χ1n) is 5.33. The first-order valence-corrected chi connectivity index (χ1v) is 7.85. The van der Waals surface area contributed by atoms with Crippen molar-refractivity contribution in [1.82, 2.24) is 0 Å². The summed E-state index contributed by atoms with van der Waals surface area (Å²) in [5.41, 5.74) is 3.94. The topological polar surface area (TPSA) is 9.23 Å². The molecule has 17 heavy (non-hydrogen) atoms. The Bertz CT molecular complexity index is 550. The maximum absolute atomic E-state index is 5.44. The Hall–Kier alpha value is -0.160. The van der Waals surface area contributed by atoms with Crippen molar-refractivity contribution in [1.29, 1.82) is 0 Å². The van der Waals surface area contributed by atoms with Crippen molar-refractivity contribution in [2.24, 2.45) is 0 Å². The Balaban J connectivity index is 1.94. The molecular weight excluding hydrogens is 364 g/mol. The van der Waals surface area contributed by atoms with Gasteiger partial charge in [0.2, 0.25) is 0 Å². The third-order valence-electron chi connectivity index (χ3n) is 2.88. The molecule has 1 unspecified atom stereocenters. The Morgan fingerprint density at radius 2 is 1.94 bits per heavy atom. The molecule has 0 saturated carbocycles. The van der Waals surface area contributed by atoms with Crippen LogP contribution in [-0.4, -0.2) is 0 Å². The lowest BCUT2D eigenvalue weighted by atomic mass is 10.0. The van der Waals surface area contributed by atoms with E-state index in [1.54, 1.807) is 11.3 Å². The van der Waals surface area contributed by atoms with Crippen molar-refractivity contribution < 1.29 is 4.74 Å². The molecule has 1 nitrogen and oxygen atoms in total. The van der Waals surface area contributed by atoms with E-state index < -0.39 is 0 Å². The first kappa shape index (κ1) is 11.9. The van der Waals surface area contributed by atoms with Crippen LogP contribution in [0.15, 0.2) is 34.1 Å². The highest BCUT2D eigenvalue weighted by molar-refractivity contribution is 9.11. The molecule has 0 fully saturated rings. The quantitative estimate of drug-likeness (QED) is 0.671. The van der Waals surface area contributed by atoms with E-state index in [0.717, 1.165) is 13.2 Å². The van der Waals surface area contributed by atoms with E-state index >= 15 is 0 Å². The predicted molar refractivity (Wildman–Crippen MR) is 77.7 cm³/mol. The van der Waals surface area contributed by atoms with Crippen molar-refractivity contribution in [3.63, 3.8) is 0 Å². The summed E-state index contributed by atoms with van der Waals surface area (Å²) in [6.07, 6.45) is 0. The number of halogens is 2. The van der Waals surface area contributed by atoms with E-state index in [9.17, 15) is 0 Å². The van der Waals surface area contributed by atoms with Gasteiger partial charge >= 0.3 is 0 Å². The second kappa shape index (κ2) is 4.84. The minimum absolute atomic E-state index is 0.268. The molecule has 1 aliphatic heterocycles. The number of rotatable bonds is 2. The van der Waals surface area contributed by atoms with Gasteiger partial charge in [-0.25, -0.2) is 0 Å². The third-order valence-corrected chi connectivity index (χ3v) is 5.90. The molecule has 1 aliphatic rings. The molecule has 0 bridgehead atoms. The molecule has 0 spiro atoms. The van der Waals surface area contributed by atoms with Crippen LogP contribution in [0.5, 0.6) is 0 Å². The summed E-state index contributed by atoms with van der Waals surface area (Å²) in [7, 11) is 0. The molecule has 88 valence electrons. The average molecular weight is 374 g/mol. The summed E-state index contributed by atoms with van der Waals surface area (Å²) in [5, 5.41) is 0. The zero-order valence-corrected chi connectivity index (χ0v) is 12.9. The van der Waals surface area contributed by atoms with Gasteiger partial charge in [-0.1, -0.05) is 34.1 Å². The molecule has 1 aromatic carbocycles. The number of ether oxygens (including phenoxy) is 1. The standard InChI is InChI=1S/C13H10Br2OS/c14-12-4-3-11(17-12)13(15)8-1-2-9-6-16-7-10(9)5-8/h1-5,13H,6-7H2. The molecule has 2 aromatic rings. The highest BCUT2D eigenvalue weighted by Gasteiger charge is 2.16. The Kier molecular flexibility index (Phi) is 3.39. The molecule has 1 aromatic heterocycles. The minimum Gasteiger partial charge on any atom is -0.372 e. The number of hydrogen-bond acceptors (Lipinski definition) is 2. The van der Waals surface area contributed by atoms with Crippen molar-refractivity contribution in [3.8, 4) is 0 Å². The van der Waals surface area contributed by atoms with E-state index in [-0.39, 0.29) is 4.83 Å². The minimum atomic E-state index is 0.268. The van der Waals surface area contributed by atoms with Crippen LogP contribution in [0.3, 0.4) is 0 Å². The lowest BCUT2D eigenvalue weighted by Crippen LogP contribution is -1.92.